The lowest BCUT2D eigenvalue weighted by Gasteiger charge is -2.20. The summed E-state index contributed by atoms with van der Waals surface area (Å²) in [5.74, 6) is 1.56. The molecule has 0 aromatic heterocycles. The first-order valence-corrected chi connectivity index (χ1v) is 6.13. The number of likely N-dealkylation sites (N-methyl/N-ethyl adjacent to an activating group) is 1. The summed E-state index contributed by atoms with van der Waals surface area (Å²) in [4.78, 5) is 13.0. The normalized spacial score (nSPS) is 13.6. The van der Waals surface area contributed by atoms with E-state index in [0.29, 0.717) is 6.54 Å². The minimum Gasteiger partial charge on any atom is -0.460 e. The van der Waals surface area contributed by atoms with Crippen LogP contribution in [0, 0.1) is 0 Å². The summed E-state index contributed by atoms with van der Waals surface area (Å²) in [5.41, 5.74) is 1.07. The average molecular weight is 247 g/mol. The molecule has 1 aliphatic rings. The van der Waals surface area contributed by atoms with Crippen molar-refractivity contribution in [3.8, 4) is 0 Å². The van der Waals surface area contributed by atoms with E-state index in [1.165, 1.54) is 6.08 Å². The van der Waals surface area contributed by atoms with E-state index in [2.05, 4.69) is 18.7 Å². The Balaban J connectivity index is 2.70. The van der Waals surface area contributed by atoms with E-state index in [1.54, 1.807) is 11.9 Å². The molecule has 18 heavy (non-hydrogen) atoms. The van der Waals surface area contributed by atoms with Crippen LogP contribution < -0.4 is 0 Å². The fraction of sp³-hybridized carbons (Fsp3) is 0.400. The summed E-state index contributed by atoms with van der Waals surface area (Å²) in [5, 5.41) is 0. The van der Waals surface area contributed by atoms with Crippen LogP contribution in [0.25, 0.3) is 0 Å². The van der Waals surface area contributed by atoms with Crippen molar-refractivity contribution in [3.05, 3.63) is 48.0 Å². The molecule has 0 aromatic rings. The van der Waals surface area contributed by atoms with Gasteiger partial charge in [-0.15, -0.1) is 0 Å². The van der Waals surface area contributed by atoms with Crippen LogP contribution in [-0.4, -0.2) is 24.4 Å². The fourth-order valence-corrected chi connectivity index (χ4v) is 1.55. The van der Waals surface area contributed by atoms with E-state index >= 15 is 0 Å². The van der Waals surface area contributed by atoms with E-state index in [4.69, 9.17) is 4.74 Å². The van der Waals surface area contributed by atoms with Crippen LogP contribution >= 0.6 is 0 Å². The Kier molecular flexibility index (Phi) is 5.43. The third-order valence-electron chi connectivity index (χ3n) is 2.69. The molecule has 3 nitrogen and oxygen atoms in total. The third-order valence-corrected chi connectivity index (χ3v) is 2.69. The standard InChI is InChI=1S/C15H21NO2/c1-5-15(17)16(4)11-14(12(2)3)18-13-9-7-6-8-10-13/h5,7,9-10H,1,6,8,11H2,2-4H3. The summed E-state index contributed by atoms with van der Waals surface area (Å²) < 4.78 is 5.84. The minimum absolute atomic E-state index is 0.106. The van der Waals surface area contributed by atoms with Crippen LogP contribution in [0.5, 0.6) is 0 Å². The molecule has 0 spiro atoms. The lowest BCUT2D eigenvalue weighted by molar-refractivity contribution is -0.124. The summed E-state index contributed by atoms with van der Waals surface area (Å²) in [6.45, 7) is 7.90. The first-order valence-electron chi connectivity index (χ1n) is 6.13. The van der Waals surface area contributed by atoms with Crippen LogP contribution in [0.3, 0.4) is 0 Å². The maximum absolute atomic E-state index is 11.5. The zero-order chi connectivity index (χ0) is 13.5. The van der Waals surface area contributed by atoms with Crippen molar-refractivity contribution in [3.63, 3.8) is 0 Å². The quantitative estimate of drug-likeness (QED) is 0.551. The van der Waals surface area contributed by atoms with E-state index in [0.717, 1.165) is 29.9 Å². The predicted molar refractivity (Wildman–Crippen MR) is 73.8 cm³/mol. The molecule has 1 rings (SSSR count). The Hall–Kier alpha value is -1.77. The summed E-state index contributed by atoms with van der Waals surface area (Å²) in [6, 6.07) is 0. The Labute approximate surface area is 109 Å². The highest BCUT2D eigenvalue weighted by Gasteiger charge is 2.11. The lowest BCUT2D eigenvalue weighted by Crippen LogP contribution is -2.27. The monoisotopic (exact) mass is 247 g/mol. The number of carbonyl (C=O) groups excluding carboxylic acids is 1. The molecule has 0 aliphatic heterocycles. The molecule has 0 atom stereocenters. The molecular formula is C15H21NO2. The zero-order valence-corrected chi connectivity index (χ0v) is 11.4. The molecule has 0 heterocycles. The highest BCUT2D eigenvalue weighted by atomic mass is 16.5. The number of nitrogens with zero attached hydrogens (tertiary/aromatic N) is 1. The van der Waals surface area contributed by atoms with Gasteiger partial charge in [-0.2, -0.15) is 0 Å². The topological polar surface area (TPSA) is 29.5 Å². The largest absolute Gasteiger partial charge is 0.460 e. The average Bonchev–Trinajstić information content (AvgIpc) is 2.37. The van der Waals surface area contributed by atoms with Crippen LogP contribution in [0.4, 0.5) is 0 Å². The van der Waals surface area contributed by atoms with Gasteiger partial charge in [-0.25, -0.2) is 0 Å². The van der Waals surface area contributed by atoms with Gasteiger partial charge in [0.1, 0.15) is 11.5 Å². The van der Waals surface area contributed by atoms with Crippen molar-refractivity contribution in [1.82, 2.24) is 4.90 Å². The first kappa shape index (κ1) is 14.3. The maximum Gasteiger partial charge on any atom is 0.246 e. The number of hydrogen-bond donors (Lipinski definition) is 0. The molecule has 1 amide bonds. The second-order valence-electron chi connectivity index (χ2n) is 4.51. The molecule has 0 unspecified atom stereocenters. The summed E-state index contributed by atoms with van der Waals surface area (Å²) >= 11 is 0. The van der Waals surface area contributed by atoms with Gasteiger partial charge in [-0.05, 0) is 50.5 Å². The summed E-state index contributed by atoms with van der Waals surface area (Å²) in [6.07, 6.45) is 9.51. The maximum atomic E-state index is 11.5. The Bertz CT molecular complexity index is 412. The molecule has 98 valence electrons. The Morgan fingerprint density at radius 2 is 2.22 bits per heavy atom. The fourth-order valence-electron chi connectivity index (χ4n) is 1.55. The Morgan fingerprint density at radius 3 is 2.72 bits per heavy atom. The lowest BCUT2D eigenvalue weighted by atomic mass is 10.2. The molecule has 0 radical (unpaired) electrons. The predicted octanol–water partition coefficient (Wildman–Crippen LogP) is 3.18. The van der Waals surface area contributed by atoms with Gasteiger partial charge in [-0.3, -0.25) is 4.79 Å². The van der Waals surface area contributed by atoms with Crippen molar-refractivity contribution in [2.45, 2.75) is 26.7 Å². The van der Waals surface area contributed by atoms with Crippen LogP contribution in [0.1, 0.15) is 26.7 Å². The smallest absolute Gasteiger partial charge is 0.246 e. The molecule has 1 aliphatic carbocycles. The molecule has 0 saturated heterocycles. The number of hydrogen-bond acceptors (Lipinski definition) is 2. The zero-order valence-electron chi connectivity index (χ0n) is 11.4. The van der Waals surface area contributed by atoms with Crippen molar-refractivity contribution in [2.24, 2.45) is 0 Å². The number of ether oxygens (including phenoxy) is 1. The molecule has 0 bridgehead atoms. The van der Waals surface area contributed by atoms with Gasteiger partial charge in [0.25, 0.3) is 0 Å². The molecule has 0 fully saturated rings. The summed E-state index contributed by atoms with van der Waals surface area (Å²) in [7, 11) is 1.74. The molecular weight excluding hydrogens is 226 g/mol. The first-order chi connectivity index (χ1) is 8.54. The molecule has 0 N–H and O–H groups in total. The van der Waals surface area contributed by atoms with E-state index < -0.39 is 0 Å². The SMILES string of the molecule is C=CC(=O)N(C)CC(OC1=CCCC=C1)=C(C)C. The second-order valence-corrected chi connectivity index (χ2v) is 4.51. The van der Waals surface area contributed by atoms with Crippen molar-refractivity contribution >= 4 is 5.91 Å². The molecule has 0 saturated carbocycles. The van der Waals surface area contributed by atoms with Gasteiger partial charge >= 0.3 is 0 Å². The van der Waals surface area contributed by atoms with Crippen LogP contribution in [-0.2, 0) is 9.53 Å². The van der Waals surface area contributed by atoms with Gasteiger partial charge in [0.15, 0.2) is 0 Å². The number of rotatable bonds is 5. The third kappa shape index (κ3) is 4.24. The van der Waals surface area contributed by atoms with Gasteiger partial charge in [0.05, 0.1) is 6.54 Å². The number of amides is 1. The van der Waals surface area contributed by atoms with Gasteiger partial charge in [-0.1, -0.05) is 12.7 Å². The van der Waals surface area contributed by atoms with E-state index in [1.807, 2.05) is 19.9 Å². The highest BCUT2D eigenvalue weighted by molar-refractivity contribution is 5.86. The number of allylic oxidation sites excluding steroid dienone is 4. The van der Waals surface area contributed by atoms with Crippen molar-refractivity contribution in [2.75, 3.05) is 13.6 Å². The Morgan fingerprint density at radius 1 is 1.50 bits per heavy atom. The van der Waals surface area contributed by atoms with Gasteiger partial charge in [0.2, 0.25) is 5.91 Å². The van der Waals surface area contributed by atoms with Gasteiger partial charge < -0.3 is 9.64 Å². The van der Waals surface area contributed by atoms with Crippen LogP contribution in [0.2, 0.25) is 0 Å². The molecule has 0 aromatic carbocycles. The van der Waals surface area contributed by atoms with E-state index in [9.17, 15) is 4.79 Å². The minimum atomic E-state index is -0.106. The molecule has 3 heteroatoms. The van der Waals surface area contributed by atoms with Crippen LogP contribution in [0.15, 0.2) is 48.0 Å². The van der Waals surface area contributed by atoms with Crippen molar-refractivity contribution < 1.29 is 9.53 Å². The highest BCUT2D eigenvalue weighted by Crippen LogP contribution is 2.17. The number of carbonyl (C=O) groups is 1. The van der Waals surface area contributed by atoms with E-state index in [-0.39, 0.29) is 5.91 Å². The van der Waals surface area contributed by atoms with Gasteiger partial charge in [0, 0.05) is 7.05 Å². The second kappa shape index (κ2) is 6.84. The van der Waals surface area contributed by atoms with Crippen molar-refractivity contribution in [1.29, 1.82) is 0 Å².